The van der Waals surface area contributed by atoms with Crippen molar-refractivity contribution in [2.75, 3.05) is 39.4 Å². The number of rotatable bonds is 12. The van der Waals surface area contributed by atoms with Gasteiger partial charge in [-0.05, 0) is 60.7 Å². The number of nitrogens with one attached hydrogen (secondary N) is 2. The average molecular weight is 618 g/mol. The number of aliphatic hydroxyl groups is 1. The highest BCUT2D eigenvalue weighted by molar-refractivity contribution is 7.89. The number of fused-ring (bicyclic) bond motifs is 1. The second-order valence-corrected chi connectivity index (χ2v) is 14.8. The number of nitrogens with zero attached hydrogens (tertiary/aromatic N) is 1. The first-order valence-corrected chi connectivity index (χ1v) is 17.3. The van der Waals surface area contributed by atoms with Crippen LogP contribution < -0.4 is 14.8 Å². The lowest BCUT2D eigenvalue weighted by molar-refractivity contribution is -0.0312. The van der Waals surface area contributed by atoms with E-state index in [0.717, 1.165) is 17.2 Å². The van der Waals surface area contributed by atoms with Crippen LogP contribution in [0.3, 0.4) is 0 Å². The van der Waals surface area contributed by atoms with E-state index >= 15 is 0 Å². The minimum atomic E-state index is -3.61. The summed E-state index contributed by atoms with van der Waals surface area (Å²) in [7, 11) is -7.21. The summed E-state index contributed by atoms with van der Waals surface area (Å²) >= 11 is 0. The third-order valence-electron chi connectivity index (χ3n) is 7.94. The molecule has 2 fully saturated rings. The highest BCUT2D eigenvalue weighted by Gasteiger charge is 2.44. The molecule has 3 N–H and O–H groups in total. The Labute approximate surface area is 248 Å². The van der Waals surface area contributed by atoms with Gasteiger partial charge in [0.25, 0.3) is 0 Å². The van der Waals surface area contributed by atoms with E-state index < -0.39 is 26.2 Å². The van der Waals surface area contributed by atoms with Gasteiger partial charge in [0, 0.05) is 38.3 Å². The fraction of sp³-hybridized carbons (Fsp3) is 0.467. The van der Waals surface area contributed by atoms with Gasteiger partial charge in [-0.15, -0.1) is 0 Å². The first-order valence-electron chi connectivity index (χ1n) is 14.4. The molecule has 42 heavy (non-hydrogen) atoms. The van der Waals surface area contributed by atoms with E-state index in [4.69, 9.17) is 9.47 Å². The third-order valence-corrected chi connectivity index (χ3v) is 11.3. The number of ether oxygens (including phenoxy) is 2. The second kappa shape index (κ2) is 13.0. The van der Waals surface area contributed by atoms with Crippen LogP contribution in [0.5, 0.6) is 5.75 Å². The molecule has 0 amide bonds. The lowest BCUT2D eigenvalue weighted by Crippen LogP contribution is -2.47. The Morgan fingerprint density at radius 2 is 1.76 bits per heavy atom. The van der Waals surface area contributed by atoms with Crippen molar-refractivity contribution in [3.63, 3.8) is 0 Å². The first-order chi connectivity index (χ1) is 20.1. The molecule has 2 saturated heterocycles. The van der Waals surface area contributed by atoms with Gasteiger partial charge in [0.05, 0.1) is 22.0 Å². The molecule has 0 saturated carbocycles. The summed E-state index contributed by atoms with van der Waals surface area (Å²) in [4.78, 5) is 0.423. The van der Waals surface area contributed by atoms with Gasteiger partial charge in [0.15, 0.2) is 0 Å². The fourth-order valence-corrected chi connectivity index (χ4v) is 8.19. The smallest absolute Gasteiger partial charge is 0.243 e. The quantitative estimate of drug-likeness (QED) is 0.283. The zero-order valence-electron chi connectivity index (χ0n) is 23.7. The Bertz CT molecular complexity index is 1590. The molecule has 0 radical (unpaired) electrons. The van der Waals surface area contributed by atoms with E-state index in [1.54, 1.807) is 28.6 Å². The van der Waals surface area contributed by atoms with E-state index in [1.165, 1.54) is 12.1 Å². The molecule has 3 aromatic rings. The maximum absolute atomic E-state index is 13.3. The summed E-state index contributed by atoms with van der Waals surface area (Å²) in [5.41, 5.74) is -0.383. The molecule has 1 spiro atoms. The van der Waals surface area contributed by atoms with Crippen LogP contribution in [0.1, 0.15) is 32.6 Å². The largest absolute Gasteiger partial charge is 0.491 e. The maximum atomic E-state index is 13.3. The Morgan fingerprint density at radius 1 is 1.00 bits per heavy atom. The van der Waals surface area contributed by atoms with Gasteiger partial charge in [-0.3, -0.25) is 0 Å². The topological polar surface area (TPSA) is 134 Å². The second-order valence-electron chi connectivity index (χ2n) is 11.1. The number of piperidine rings is 1. The molecule has 2 heterocycles. The van der Waals surface area contributed by atoms with Gasteiger partial charge in [0.2, 0.25) is 20.0 Å². The molecule has 2 aliphatic heterocycles. The average Bonchev–Trinajstić information content (AvgIpc) is 3.40. The Hall–Kier alpha value is -2.58. The number of sulfonamides is 2. The molecule has 3 aromatic carbocycles. The van der Waals surface area contributed by atoms with Gasteiger partial charge >= 0.3 is 0 Å². The molecule has 1 unspecified atom stereocenters. The molecule has 228 valence electrons. The molecule has 2 atom stereocenters. The van der Waals surface area contributed by atoms with Gasteiger partial charge in [0.1, 0.15) is 18.5 Å². The van der Waals surface area contributed by atoms with E-state index in [2.05, 4.69) is 10.0 Å². The molecular formula is C30H39N3O7S2. The standard InChI is InChI=1S/C30H39N3O7S2/c1-2-14-32-41(35,36)28-9-5-8-27(18-28)39-22-26(34)20-31-25-19-30(40-21-25)12-15-33(16-13-30)42(37,38)29-11-10-23-6-3-4-7-24(23)17-29/h3-11,17-18,25-26,31-32,34H,2,12-16,19-22H2,1H3/t25?,26-/m0/s1. The highest BCUT2D eigenvalue weighted by atomic mass is 32.2. The molecule has 2 aliphatic rings. The van der Waals surface area contributed by atoms with Gasteiger partial charge in [-0.1, -0.05) is 43.3 Å². The van der Waals surface area contributed by atoms with Crippen molar-refractivity contribution in [2.24, 2.45) is 0 Å². The van der Waals surface area contributed by atoms with Crippen LogP contribution in [0.15, 0.2) is 76.5 Å². The van der Waals surface area contributed by atoms with E-state index in [1.807, 2.05) is 37.3 Å². The summed E-state index contributed by atoms with van der Waals surface area (Å²) in [6, 6.07) is 19.2. The summed E-state index contributed by atoms with van der Waals surface area (Å²) < 4.78 is 67.4. The zero-order chi connectivity index (χ0) is 29.8. The molecule has 0 bridgehead atoms. The monoisotopic (exact) mass is 617 g/mol. The number of hydrogen-bond donors (Lipinski definition) is 3. The lowest BCUT2D eigenvalue weighted by atomic mass is 9.88. The first kappa shape index (κ1) is 30.9. The summed E-state index contributed by atoms with van der Waals surface area (Å²) in [6.45, 7) is 3.78. The van der Waals surface area contributed by atoms with Crippen molar-refractivity contribution < 1.29 is 31.4 Å². The maximum Gasteiger partial charge on any atom is 0.243 e. The number of aliphatic hydroxyl groups excluding tert-OH is 1. The van der Waals surface area contributed by atoms with Crippen LogP contribution in [0, 0.1) is 0 Å². The molecular weight excluding hydrogens is 578 g/mol. The van der Waals surface area contributed by atoms with Crippen LogP contribution >= 0.6 is 0 Å². The lowest BCUT2D eigenvalue weighted by Gasteiger charge is -2.38. The van der Waals surface area contributed by atoms with Crippen molar-refractivity contribution in [3.8, 4) is 5.75 Å². The van der Waals surface area contributed by atoms with Gasteiger partial charge in [-0.25, -0.2) is 21.6 Å². The van der Waals surface area contributed by atoms with Crippen LogP contribution in [0.25, 0.3) is 10.8 Å². The van der Waals surface area contributed by atoms with Crippen LogP contribution in [-0.4, -0.2) is 83.4 Å². The molecule has 0 aliphatic carbocycles. The third kappa shape index (κ3) is 7.13. The Morgan fingerprint density at radius 3 is 2.52 bits per heavy atom. The fourth-order valence-electron chi connectivity index (χ4n) is 5.54. The van der Waals surface area contributed by atoms with E-state index in [-0.39, 0.29) is 29.7 Å². The van der Waals surface area contributed by atoms with Crippen LogP contribution in [0.2, 0.25) is 0 Å². The van der Waals surface area contributed by atoms with Crippen molar-refractivity contribution in [1.29, 1.82) is 0 Å². The SMILES string of the molecule is CCCNS(=O)(=O)c1cccc(OC[C@@H](O)CNC2COC3(CCN(S(=O)(=O)c4ccc5ccccc5c4)CC3)C2)c1. The summed E-state index contributed by atoms with van der Waals surface area (Å²) in [5, 5.41) is 15.7. The molecule has 5 rings (SSSR count). The molecule has 12 heteroatoms. The van der Waals surface area contributed by atoms with Crippen LogP contribution in [-0.2, 0) is 24.8 Å². The van der Waals surface area contributed by atoms with Gasteiger partial charge in [-0.2, -0.15) is 4.31 Å². The number of benzene rings is 3. The number of hydrogen-bond acceptors (Lipinski definition) is 8. The summed E-state index contributed by atoms with van der Waals surface area (Å²) in [6.07, 6.45) is 1.82. The van der Waals surface area contributed by atoms with Crippen molar-refractivity contribution in [2.45, 2.75) is 60.1 Å². The predicted molar refractivity (Wildman–Crippen MR) is 160 cm³/mol. The Kier molecular flexibility index (Phi) is 9.53. The Balaban J connectivity index is 1.08. The minimum absolute atomic E-state index is 0.000792. The molecule has 0 aromatic heterocycles. The van der Waals surface area contributed by atoms with Crippen molar-refractivity contribution >= 4 is 30.8 Å². The predicted octanol–water partition coefficient (Wildman–Crippen LogP) is 2.87. The zero-order valence-corrected chi connectivity index (χ0v) is 25.4. The minimum Gasteiger partial charge on any atom is -0.491 e. The normalized spacial score (nSPS) is 20.2. The molecule has 10 nitrogen and oxygen atoms in total. The van der Waals surface area contributed by atoms with Gasteiger partial charge < -0.3 is 19.9 Å². The van der Waals surface area contributed by atoms with E-state index in [9.17, 15) is 21.9 Å². The van der Waals surface area contributed by atoms with Crippen molar-refractivity contribution in [1.82, 2.24) is 14.3 Å². The highest BCUT2D eigenvalue weighted by Crippen LogP contribution is 2.37. The van der Waals surface area contributed by atoms with Crippen LogP contribution in [0.4, 0.5) is 0 Å². The van der Waals surface area contributed by atoms with E-state index in [0.29, 0.717) is 56.1 Å². The summed E-state index contributed by atoms with van der Waals surface area (Å²) in [5.74, 6) is 0.363. The van der Waals surface area contributed by atoms with Crippen molar-refractivity contribution in [3.05, 3.63) is 66.7 Å².